The Morgan fingerprint density at radius 1 is 1.17 bits per heavy atom. The lowest BCUT2D eigenvalue weighted by atomic mass is 10.1. The van der Waals surface area contributed by atoms with Crippen LogP contribution >= 0.6 is 11.8 Å². The Bertz CT molecular complexity index is 887. The summed E-state index contributed by atoms with van der Waals surface area (Å²) in [6.07, 6.45) is 2.72. The van der Waals surface area contributed by atoms with Crippen LogP contribution in [-0.2, 0) is 7.05 Å². The third kappa shape index (κ3) is 3.22. The highest BCUT2D eigenvalue weighted by Crippen LogP contribution is 2.36. The van der Waals surface area contributed by atoms with Crippen LogP contribution in [0.4, 0.5) is 0 Å². The molecule has 23 heavy (non-hydrogen) atoms. The Labute approximate surface area is 139 Å². The molecule has 1 atom stereocenters. The van der Waals surface area contributed by atoms with Gasteiger partial charge >= 0.3 is 0 Å². The Kier molecular flexibility index (Phi) is 4.63. The Hall–Kier alpha value is -2.33. The molecule has 0 saturated heterocycles. The first kappa shape index (κ1) is 15.6. The SMILES string of the molecule is C=CCC(Sc1nc2ccccc2c(=O)n1C)c1ccccc1. The summed E-state index contributed by atoms with van der Waals surface area (Å²) in [7, 11) is 1.78. The minimum atomic E-state index is -0.0106. The standard InChI is InChI=1S/C19H18N2OS/c1-3-9-17(14-10-5-4-6-11-14)23-19-20-16-13-8-7-12-15(16)18(22)21(19)2/h3-8,10-13,17H,1,9H2,2H3. The average molecular weight is 322 g/mol. The minimum absolute atomic E-state index is 0.0106. The molecular formula is C19H18N2OS. The number of hydrogen-bond donors (Lipinski definition) is 0. The molecule has 0 aliphatic heterocycles. The average Bonchev–Trinajstić information content (AvgIpc) is 2.60. The maximum atomic E-state index is 12.5. The van der Waals surface area contributed by atoms with E-state index in [0.29, 0.717) is 5.39 Å². The zero-order valence-electron chi connectivity index (χ0n) is 13.0. The highest BCUT2D eigenvalue weighted by atomic mass is 32.2. The summed E-state index contributed by atoms with van der Waals surface area (Å²) in [5, 5.41) is 1.57. The van der Waals surface area contributed by atoms with Gasteiger partial charge in [-0.1, -0.05) is 60.3 Å². The molecule has 0 aliphatic carbocycles. The molecule has 0 N–H and O–H groups in total. The molecule has 0 radical (unpaired) electrons. The molecule has 0 fully saturated rings. The van der Waals surface area contributed by atoms with E-state index in [1.165, 1.54) is 5.56 Å². The molecule has 0 saturated carbocycles. The topological polar surface area (TPSA) is 34.9 Å². The zero-order valence-corrected chi connectivity index (χ0v) is 13.8. The van der Waals surface area contributed by atoms with Crippen LogP contribution in [0, 0.1) is 0 Å². The molecule has 4 heteroatoms. The molecule has 1 heterocycles. The largest absolute Gasteiger partial charge is 0.290 e. The summed E-state index contributed by atoms with van der Waals surface area (Å²) >= 11 is 1.60. The Balaban J connectivity index is 2.04. The number of allylic oxidation sites excluding steroid dienone is 1. The summed E-state index contributed by atoms with van der Waals surface area (Å²) in [6.45, 7) is 3.86. The van der Waals surface area contributed by atoms with Crippen molar-refractivity contribution in [1.82, 2.24) is 9.55 Å². The summed E-state index contributed by atoms with van der Waals surface area (Å²) in [6, 6.07) is 17.7. The zero-order chi connectivity index (χ0) is 16.2. The number of nitrogens with zero attached hydrogens (tertiary/aromatic N) is 2. The number of hydrogen-bond acceptors (Lipinski definition) is 3. The number of thioether (sulfide) groups is 1. The van der Waals surface area contributed by atoms with Crippen molar-refractivity contribution in [1.29, 1.82) is 0 Å². The van der Waals surface area contributed by atoms with Crippen molar-refractivity contribution in [2.75, 3.05) is 0 Å². The van der Waals surface area contributed by atoms with Gasteiger partial charge in [0.1, 0.15) is 0 Å². The van der Waals surface area contributed by atoms with Crippen molar-refractivity contribution in [2.24, 2.45) is 7.05 Å². The predicted octanol–water partition coefficient (Wildman–Crippen LogP) is 4.34. The molecule has 0 bridgehead atoms. The third-order valence-electron chi connectivity index (χ3n) is 3.74. The summed E-state index contributed by atoms with van der Waals surface area (Å²) in [4.78, 5) is 17.2. The first-order chi connectivity index (χ1) is 11.2. The van der Waals surface area contributed by atoms with Gasteiger partial charge < -0.3 is 0 Å². The molecule has 0 amide bonds. The van der Waals surface area contributed by atoms with Gasteiger partial charge in [0.05, 0.1) is 10.9 Å². The second kappa shape index (κ2) is 6.84. The molecule has 2 aromatic carbocycles. The van der Waals surface area contributed by atoms with Crippen LogP contribution in [0.1, 0.15) is 17.2 Å². The van der Waals surface area contributed by atoms with Crippen molar-refractivity contribution in [3.63, 3.8) is 0 Å². The van der Waals surface area contributed by atoms with E-state index in [1.807, 2.05) is 48.5 Å². The smallest absolute Gasteiger partial charge is 0.261 e. The fourth-order valence-corrected chi connectivity index (χ4v) is 3.67. The van der Waals surface area contributed by atoms with Crippen molar-refractivity contribution < 1.29 is 0 Å². The molecule has 0 spiro atoms. The fourth-order valence-electron chi connectivity index (χ4n) is 2.50. The van der Waals surface area contributed by atoms with Gasteiger partial charge in [-0.2, -0.15) is 0 Å². The molecule has 3 aromatic rings. The number of rotatable bonds is 5. The molecule has 3 rings (SSSR count). The lowest BCUT2D eigenvalue weighted by Gasteiger charge is -2.16. The maximum Gasteiger partial charge on any atom is 0.261 e. The van der Waals surface area contributed by atoms with Gasteiger partial charge in [0.2, 0.25) is 0 Å². The monoisotopic (exact) mass is 322 g/mol. The number of para-hydroxylation sites is 1. The predicted molar refractivity (Wildman–Crippen MR) is 96.8 cm³/mol. The minimum Gasteiger partial charge on any atom is -0.290 e. The molecule has 1 aromatic heterocycles. The van der Waals surface area contributed by atoms with Crippen LogP contribution in [0.2, 0.25) is 0 Å². The second-order valence-corrected chi connectivity index (χ2v) is 6.49. The van der Waals surface area contributed by atoms with Crippen LogP contribution in [0.25, 0.3) is 10.9 Å². The normalized spacial score (nSPS) is 12.2. The van der Waals surface area contributed by atoms with Crippen LogP contribution in [0.5, 0.6) is 0 Å². The van der Waals surface area contributed by atoms with E-state index in [0.717, 1.165) is 17.1 Å². The summed E-state index contributed by atoms with van der Waals surface area (Å²) in [5.74, 6) is 0. The van der Waals surface area contributed by atoms with Gasteiger partial charge in [-0.15, -0.1) is 6.58 Å². The van der Waals surface area contributed by atoms with Crippen LogP contribution in [0.15, 0.2) is 77.2 Å². The van der Waals surface area contributed by atoms with E-state index >= 15 is 0 Å². The van der Waals surface area contributed by atoms with Crippen molar-refractivity contribution in [3.05, 3.63) is 83.2 Å². The lowest BCUT2D eigenvalue weighted by Crippen LogP contribution is -2.20. The molecule has 116 valence electrons. The van der Waals surface area contributed by atoms with Crippen molar-refractivity contribution >= 4 is 22.7 Å². The number of aromatic nitrogens is 2. The van der Waals surface area contributed by atoms with E-state index in [1.54, 1.807) is 23.4 Å². The quantitative estimate of drug-likeness (QED) is 0.398. The van der Waals surface area contributed by atoms with E-state index in [4.69, 9.17) is 0 Å². The van der Waals surface area contributed by atoms with Gasteiger partial charge in [0.25, 0.3) is 5.56 Å². The van der Waals surface area contributed by atoms with Gasteiger partial charge in [0, 0.05) is 12.3 Å². The van der Waals surface area contributed by atoms with Crippen molar-refractivity contribution in [2.45, 2.75) is 16.8 Å². The molecule has 3 nitrogen and oxygen atoms in total. The van der Waals surface area contributed by atoms with E-state index in [2.05, 4.69) is 23.7 Å². The molecule has 1 unspecified atom stereocenters. The second-order valence-electron chi connectivity index (χ2n) is 5.32. The van der Waals surface area contributed by atoms with Gasteiger partial charge in [0.15, 0.2) is 5.16 Å². The van der Waals surface area contributed by atoms with E-state index in [-0.39, 0.29) is 10.8 Å². The van der Waals surface area contributed by atoms with Gasteiger partial charge in [-0.25, -0.2) is 4.98 Å². The lowest BCUT2D eigenvalue weighted by molar-refractivity contribution is 0.722. The number of fused-ring (bicyclic) bond motifs is 1. The Morgan fingerprint density at radius 2 is 1.87 bits per heavy atom. The van der Waals surface area contributed by atoms with Crippen LogP contribution < -0.4 is 5.56 Å². The van der Waals surface area contributed by atoms with Gasteiger partial charge in [-0.3, -0.25) is 9.36 Å². The molecule has 0 aliphatic rings. The van der Waals surface area contributed by atoms with Crippen LogP contribution in [0.3, 0.4) is 0 Å². The van der Waals surface area contributed by atoms with Crippen LogP contribution in [-0.4, -0.2) is 9.55 Å². The highest BCUT2D eigenvalue weighted by Gasteiger charge is 2.16. The maximum absolute atomic E-state index is 12.5. The third-order valence-corrected chi connectivity index (χ3v) is 5.07. The Morgan fingerprint density at radius 3 is 2.61 bits per heavy atom. The van der Waals surface area contributed by atoms with Gasteiger partial charge in [-0.05, 0) is 24.1 Å². The van der Waals surface area contributed by atoms with E-state index in [9.17, 15) is 4.79 Å². The summed E-state index contributed by atoms with van der Waals surface area (Å²) in [5.41, 5.74) is 1.94. The molecular weight excluding hydrogens is 304 g/mol. The fraction of sp³-hybridized carbons (Fsp3) is 0.158. The first-order valence-corrected chi connectivity index (χ1v) is 8.37. The number of benzene rings is 2. The van der Waals surface area contributed by atoms with Crippen molar-refractivity contribution in [3.8, 4) is 0 Å². The summed E-state index contributed by atoms with van der Waals surface area (Å²) < 4.78 is 1.63. The first-order valence-electron chi connectivity index (χ1n) is 7.49. The van der Waals surface area contributed by atoms with E-state index < -0.39 is 0 Å². The highest BCUT2D eigenvalue weighted by molar-refractivity contribution is 7.99.